The Balaban J connectivity index is 2.62. The maximum atomic E-state index is 11.7. The molecular formula is C12H17N3O. The molecule has 0 radical (unpaired) electrons. The monoisotopic (exact) mass is 219 g/mol. The number of hydrogen-bond donors (Lipinski definition) is 2. The fourth-order valence-electron chi connectivity index (χ4n) is 1.18. The average molecular weight is 219 g/mol. The normalized spacial score (nSPS) is 9.69. The predicted octanol–water partition coefficient (Wildman–Crippen LogP) is 1.24. The number of nitrogens with one attached hydrogen (secondary N) is 1. The number of carbonyl (C=O) groups is 1. The fourth-order valence-corrected chi connectivity index (χ4v) is 1.18. The lowest BCUT2D eigenvalue weighted by atomic mass is 10.2. The summed E-state index contributed by atoms with van der Waals surface area (Å²) in [4.78, 5) is 15.7. The van der Waals surface area contributed by atoms with E-state index in [2.05, 4.69) is 10.3 Å². The van der Waals surface area contributed by atoms with E-state index in [9.17, 15) is 4.79 Å². The van der Waals surface area contributed by atoms with E-state index in [0.717, 1.165) is 5.69 Å². The van der Waals surface area contributed by atoms with Gasteiger partial charge in [-0.15, -0.1) is 0 Å². The number of nitrogens with two attached hydrogens (primary N) is 1. The van der Waals surface area contributed by atoms with Gasteiger partial charge in [-0.05, 0) is 26.0 Å². The number of rotatable bonds is 4. The van der Waals surface area contributed by atoms with Crippen LogP contribution in [0.3, 0.4) is 0 Å². The van der Waals surface area contributed by atoms with E-state index < -0.39 is 0 Å². The van der Waals surface area contributed by atoms with Crippen LogP contribution in [0.2, 0.25) is 0 Å². The van der Waals surface area contributed by atoms with Crippen LogP contribution in [0.4, 0.5) is 0 Å². The molecule has 16 heavy (non-hydrogen) atoms. The van der Waals surface area contributed by atoms with Crippen LogP contribution in [-0.4, -0.2) is 17.4 Å². The Labute approximate surface area is 95.6 Å². The maximum absolute atomic E-state index is 11.7. The summed E-state index contributed by atoms with van der Waals surface area (Å²) < 4.78 is 0. The van der Waals surface area contributed by atoms with Crippen LogP contribution in [0.1, 0.15) is 29.9 Å². The number of amides is 1. The van der Waals surface area contributed by atoms with Crippen LogP contribution in [0.15, 0.2) is 30.0 Å². The zero-order valence-corrected chi connectivity index (χ0v) is 9.66. The molecule has 1 amide bonds. The summed E-state index contributed by atoms with van der Waals surface area (Å²) in [5, 5.41) is 2.80. The van der Waals surface area contributed by atoms with Crippen molar-refractivity contribution in [2.45, 2.75) is 20.4 Å². The second kappa shape index (κ2) is 6.02. The molecule has 1 aromatic rings. The van der Waals surface area contributed by atoms with Gasteiger partial charge >= 0.3 is 0 Å². The third-order valence-electron chi connectivity index (χ3n) is 2.06. The highest BCUT2D eigenvalue weighted by molar-refractivity contribution is 5.94. The van der Waals surface area contributed by atoms with Crippen molar-refractivity contribution in [1.82, 2.24) is 10.3 Å². The van der Waals surface area contributed by atoms with Gasteiger partial charge in [-0.25, -0.2) is 0 Å². The van der Waals surface area contributed by atoms with Gasteiger partial charge in [0.1, 0.15) is 0 Å². The van der Waals surface area contributed by atoms with E-state index in [-0.39, 0.29) is 5.91 Å². The summed E-state index contributed by atoms with van der Waals surface area (Å²) >= 11 is 0. The third kappa shape index (κ3) is 3.82. The Morgan fingerprint density at radius 2 is 2.31 bits per heavy atom. The van der Waals surface area contributed by atoms with Crippen molar-refractivity contribution in [3.63, 3.8) is 0 Å². The molecule has 0 aliphatic rings. The second-order valence-electron chi connectivity index (χ2n) is 3.73. The number of nitrogens with zero attached hydrogens (tertiary/aromatic N) is 1. The summed E-state index contributed by atoms with van der Waals surface area (Å²) in [6, 6.07) is 3.38. The molecule has 0 saturated heterocycles. The topological polar surface area (TPSA) is 68.0 Å². The number of hydrogen-bond acceptors (Lipinski definition) is 3. The molecule has 0 aromatic carbocycles. The molecule has 0 atom stereocenters. The quantitative estimate of drug-likeness (QED) is 0.748. The summed E-state index contributed by atoms with van der Waals surface area (Å²) in [6.45, 7) is 4.87. The van der Waals surface area contributed by atoms with Gasteiger partial charge in [-0.3, -0.25) is 9.78 Å². The van der Waals surface area contributed by atoms with Gasteiger partial charge in [0.2, 0.25) is 0 Å². The highest BCUT2D eigenvalue weighted by atomic mass is 16.1. The van der Waals surface area contributed by atoms with E-state index in [0.29, 0.717) is 18.7 Å². The van der Waals surface area contributed by atoms with Gasteiger partial charge in [-0.1, -0.05) is 11.6 Å². The van der Waals surface area contributed by atoms with Gasteiger partial charge < -0.3 is 11.1 Å². The van der Waals surface area contributed by atoms with Crippen LogP contribution < -0.4 is 11.1 Å². The molecule has 0 fully saturated rings. The molecular weight excluding hydrogens is 202 g/mol. The Morgan fingerprint density at radius 3 is 2.94 bits per heavy atom. The Kier molecular flexibility index (Phi) is 4.66. The number of aromatic nitrogens is 1. The molecule has 1 heterocycles. The number of pyridine rings is 1. The zero-order valence-electron chi connectivity index (χ0n) is 9.66. The second-order valence-corrected chi connectivity index (χ2v) is 3.73. The van der Waals surface area contributed by atoms with E-state index in [4.69, 9.17) is 5.73 Å². The van der Waals surface area contributed by atoms with Crippen molar-refractivity contribution >= 4 is 5.91 Å². The molecule has 0 aliphatic carbocycles. The molecule has 0 bridgehead atoms. The van der Waals surface area contributed by atoms with Crippen LogP contribution >= 0.6 is 0 Å². The van der Waals surface area contributed by atoms with Crippen LogP contribution in [-0.2, 0) is 6.54 Å². The van der Waals surface area contributed by atoms with Crippen molar-refractivity contribution in [2.24, 2.45) is 5.73 Å². The minimum atomic E-state index is -0.102. The zero-order chi connectivity index (χ0) is 12.0. The summed E-state index contributed by atoms with van der Waals surface area (Å²) in [6.07, 6.45) is 3.56. The summed E-state index contributed by atoms with van der Waals surface area (Å²) in [7, 11) is 0. The molecule has 0 unspecified atom stereocenters. The van der Waals surface area contributed by atoms with Gasteiger partial charge in [0.05, 0.1) is 5.69 Å². The summed E-state index contributed by atoms with van der Waals surface area (Å²) in [5.41, 5.74) is 7.95. The third-order valence-corrected chi connectivity index (χ3v) is 2.06. The van der Waals surface area contributed by atoms with Gasteiger partial charge in [-0.2, -0.15) is 0 Å². The fraction of sp³-hybridized carbons (Fsp3) is 0.333. The largest absolute Gasteiger partial charge is 0.349 e. The van der Waals surface area contributed by atoms with E-state index in [1.807, 2.05) is 19.9 Å². The standard InChI is InChI=1S/C12H17N3O/c1-9(2)3-5-15-12(16)10-4-6-14-11(7-10)8-13/h3-4,6-7H,5,8,13H2,1-2H3,(H,15,16). The van der Waals surface area contributed by atoms with Gasteiger partial charge in [0.25, 0.3) is 5.91 Å². The predicted molar refractivity (Wildman–Crippen MR) is 63.9 cm³/mol. The highest BCUT2D eigenvalue weighted by Gasteiger charge is 2.04. The van der Waals surface area contributed by atoms with Gasteiger partial charge in [0, 0.05) is 24.8 Å². The smallest absolute Gasteiger partial charge is 0.251 e. The first-order valence-corrected chi connectivity index (χ1v) is 5.20. The Morgan fingerprint density at radius 1 is 1.56 bits per heavy atom. The average Bonchev–Trinajstić information content (AvgIpc) is 2.28. The minimum absolute atomic E-state index is 0.102. The first-order valence-electron chi connectivity index (χ1n) is 5.20. The van der Waals surface area contributed by atoms with Crippen molar-refractivity contribution in [2.75, 3.05) is 6.54 Å². The van der Waals surface area contributed by atoms with E-state index in [1.54, 1.807) is 18.3 Å². The van der Waals surface area contributed by atoms with E-state index in [1.165, 1.54) is 5.57 Å². The lowest BCUT2D eigenvalue weighted by molar-refractivity contribution is 0.0957. The number of carbonyl (C=O) groups excluding carboxylic acids is 1. The molecule has 1 rings (SSSR count). The molecule has 4 heteroatoms. The Bertz CT molecular complexity index is 395. The maximum Gasteiger partial charge on any atom is 0.251 e. The van der Waals surface area contributed by atoms with Crippen LogP contribution in [0, 0.1) is 0 Å². The lowest BCUT2D eigenvalue weighted by Crippen LogP contribution is -2.23. The molecule has 86 valence electrons. The first-order chi connectivity index (χ1) is 7.63. The summed E-state index contributed by atoms with van der Waals surface area (Å²) in [5.74, 6) is -0.102. The van der Waals surface area contributed by atoms with Crippen LogP contribution in [0.5, 0.6) is 0 Å². The Hall–Kier alpha value is -1.68. The van der Waals surface area contributed by atoms with Crippen molar-refractivity contribution in [1.29, 1.82) is 0 Å². The molecule has 0 spiro atoms. The van der Waals surface area contributed by atoms with Crippen molar-refractivity contribution < 1.29 is 4.79 Å². The molecule has 0 aliphatic heterocycles. The molecule has 3 N–H and O–H groups in total. The number of allylic oxidation sites excluding steroid dienone is 1. The molecule has 0 saturated carbocycles. The molecule has 4 nitrogen and oxygen atoms in total. The van der Waals surface area contributed by atoms with Gasteiger partial charge in [0.15, 0.2) is 0 Å². The first kappa shape index (κ1) is 12.4. The van der Waals surface area contributed by atoms with Crippen molar-refractivity contribution in [3.8, 4) is 0 Å². The lowest BCUT2D eigenvalue weighted by Gasteiger charge is -2.03. The highest BCUT2D eigenvalue weighted by Crippen LogP contribution is 2.01. The molecule has 1 aromatic heterocycles. The van der Waals surface area contributed by atoms with Crippen molar-refractivity contribution in [3.05, 3.63) is 41.2 Å². The minimum Gasteiger partial charge on any atom is -0.349 e. The van der Waals surface area contributed by atoms with Crippen LogP contribution in [0.25, 0.3) is 0 Å². The SMILES string of the molecule is CC(C)=CCNC(=O)c1ccnc(CN)c1. The van der Waals surface area contributed by atoms with E-state index >= 15 is 0 Å².